The number of aromatic nitrogens is 2. The second-order valence-electron chi connectivity index (χ2n) is 7.67. The van der Waals surface area contributed by atoms with Crippen molar-refractivity contribution in [2.45, 2.75) is 49.4 Å². The largest absolute Gasteiger partial charge is 0.333 e. The smallest absolute Gasteiger partial charge is 0.326 e. The van der Waals surface area contributed by atoms with Crippen molar-refractivity contribution >= 4 is 26.8 Å². The molecule has 1 saturated heterocycles. The van der Waals surface area contributed by atoms with Gasteiger partial charge < -0.3 is 9.88 Å². The van der Waals surface area contributed by atoms with Crippen LogP contribution >= 0.6 is 0 Å². The van der Waals surface area contributed by atoms with Crippen molar-refractivity contribution < 1.29 is 13.2 Å². The van der Waals surface area contributed by atoms with Gasteiger partial charge in [0, 0.05) is 24.2 Å². The van der Waals surface area contributed by atoms with E-state index >= 15 is 0 Å². The molecule has 5 rings (SSSR count). The molecule has 2 aliphatic carbocycles. The zero-order chi connectivity index (χ0) is 18.1. The molecule has 0 spiro atoms. The number of aromatic amines is 1. The molecular formula is C18H21N3O4S. The molecule has 0 bridgehead atoms. The van der Waals surface area contributed by atoms with Gasteiger partial charge in [0.1, 0.15) is 0 Å². The summed E-state index contributed by atoms with van der Waals surface area (Å²) in [5.41, 5.74) is 1.87. The normalized spacial score (nSPS) is 27.6. The lowest BCUT2D eigenvalue weighted by atomic mass is 10.1. The van der Waals surface area contributed by atoms with Crippen LogP contribution in [0.2, 0.25) is 0 Å². The van der Waals surface area contributed by atoms with Crippen LogP contribution in [0.5, 0.6) is 0 Å². The number of hydrogen-bond donors (Lipinski definition) is 1. The third-order valence-electron chi connectivity index (χ3n) is 6.03. The van der Waals surface area contributed by atoms with E-state index in [1.807, 2.05) is 6.07 Å². The van der Waals surface area contributed by atoms with E-state index in [0.717, 1.165) is 31.2 Å². The van der Waals surface area contributed by atoms with Crippen molar-refractivity contribution in [3.8, 4) is 0 Å². The highest BCUT2D eigenvalue weighted by molar-refractivity contribution is 7.92. The van der Waals surface area contributed by atoms with E-state index in [9.17, 15) is 18.0 Å². The van der Waals surface area contributed by atoms with Crippen molar-refractivity contribution in [1.29, 1.82) is 0 Å². The number of nitrogens with one attached hydrogen (secondary N) is 1. The third-order valence-corrected chi connectivity index (χ3v) is 8.26. The van der Waals surface area contributed by atoms with Gasteiger partial charge in [0.15, 0.2) is 9.84 Å². The maximum Gasteiger partial charge on any atom is 0.326 e. The van der Waals surface area contributed by atoms with Crippen LogP contribution in [-0.4, -0.2) is 52.4 Å². The van der Waals surface area contributed by atoms with Gasteiger partial charge in [-0.2, -0.15) is 0 Å². The second kappa shape index (κ2) is 5.45. The summed E-state index contributed by atoms with van der Waals surface area (Å²) >= 11 is 0. The van der Waals surface area contributed by atoms with Crippen LogP contribution < -0.4 is 5.69 Å². The second-order valence-corrected chi connectivity index (χ2v) is 10.0. The summed E-state index contributed by atoms with van der Waals surface area (Å²) in [5.74, 6) is -0.101. The Bertz CT molecular complexity index is 1060. The monoisotopic (exact) mass is 375 g/mol. The van der Waals surface area contributed by atoms with E-state index in [4.69, 9.17) is 0 Å². The summed E-state index contributed by atoms with van der Waals surface area (Å²) in [7, 11) is -3.09. The first-order chi connectivity index (χ1) is 12.5. The van der Waals surface area contributed by atoms with Crippen LogP contribution in [0, 0.1) is 0 Å². The Morgan fingerprint density at radius 3 is 2.73 bits per heavy atom. The fourth-order valence-electron chi connectivity index (χ4n) is 4.60. The van der Waals surface area contributed by atoms with Crippen molar-refractivity contribution in [3.63, 3.8) is 0 Å². The number of amides is 1. The minimum absolute atomic E-state index is 0.0387. The molecule has 7 nitrogen and oxygen atoms in total. The van der Waals surface area contributed by atoms with Crippen molar-refractivity contribution in [1.82, 2.24) is 14.5 Å². The van der Waals surface area contributed by atoms with E-state index in [1.54, 1.807) is 21.6 Å². The summed E-state index contributed by atoms with van der Waals surface area (Å²) in [4.78, 5) is 29.8. The van der Waals surface area contributed by atoms with Gasteiger partial charge in [-0.25, -0.2) is 13.2 Å². The molecule has 138 valence electrons. The number of rotatable bonds is 2. The van der Waals surface area contributed by atoms with Crippen LogP contribution in [0.4, 0.5) is 0 Å². The third kappa shape index (κ3) is 2.35. The fraction of sp³-hybridized carbons (Fsp3) is 0.556. The van der Waals surface area contributed by atoms with E-state index < -0.39 is 15.1 Å². The Morgan fingerprint density at radius 2 is 1.96 bits per heavy atom. The Kier molecular flexibility index (Phi) is 3.38. The molecule has 1 amide bonds. The molecule has 1 N–H and O–H groups in total. The minimum Gasteiger partial charge on any atom is -0.333 e. The number of hydrogen-bond acceptors (Lipinski definition) is 4. The Balaban J connectivity index is 1.50. The number of imidazole rings is 1. The SMILES string of the molecule is O=C(c1ccc2c(c1)[nH]c(=O)n2C1CC1)N1CCS(=O)(=O)C2CCCC21. The predicted molar refractivity (Wildman–Crippen MR) is 97.1 cm³/mol. The number of carbonyl (C=O) groups is 1. The Hall–Kier alpha value is -2.09. The molecule has 2 heterocycles. The lowest BCUT2D eigenvalue weighted by molar-refractivity contribution is 0.0687. The standard InChI is InChI=1S/C18H21N3O4S/c22-17(20-8-9-26(24,25)16-3-1-2-15(16)20)11-4-7-14-13(10-11)19-18(23)21(14)12-5-6-12/h4,7,10,12,15-16H,1-3,5-6,8-9H2,(H,19,23). The zero-order valence-corrected chi connectivity index (χ0v) is 15.2. The molecule has 3 fully saturated rings. The van der Waals surface area contributed by atoms with E-state index in [1.165, 1.54) is 0 Å². The molecule has 8 heteroatoms. The highest BCUT2D eigenvalue weighted by atomic mass is 32.2. The van der Waals surface area contributed by atoms with Crippen LogP contribution in [0.15, 0.2) is 23.0 Å². The lowest BCUT2D eigenvalue weighted by Crippen LogP contribution is -2.54. The Morgan fingerprint density at radius 1 is 1.15 bits per heavy atom. The minimum atomic E-state index is -3.09. The number of nitrogens with zero attached hydrogens (tertiary/aromatic N) is 2. The lowest BCUT2D eigenvalue weighted by Gasteiger charge is -2.37. The van der Waals surface area contributed by atoms with Gasteiger partial charge in [-0.15, -0.1) is 0 Å². The maximum absolute atomic E-state index is 13.1. The summed E-state index contributed by atoms with van der Waals surface area (Å²) < 4.78 is 26.3. The van der Waals surface area contributed by atoms with Gasteiger partial charge in [0.2, 0.25) is 0 Å². The average molecular weight is 375 g/mol. The van der Waals surface area contributed by atoms with Gasteiger partial charge in [-0.3, -0.25) is 9.36 Å². The first kappa shape index (κ1) is 16.1. The maximum atomic E-state index is 13.1. The van der Waals surface area contributed by atoms with Gasteiger partial charge in [-0.1, -0.05) is 0 Å². The number of H-pyrrole nitrogens is 1. The van der Waals surface area contributed by atoms with Crippen LogP contribution in [0.25, 0.3) is 11.0 Å². The summed E-state index contributed by atoms with van der Waals surface area (Å²) in [6.45, 7) is 0.250. The molecular weight excluding hydrogens is 354 g/mol. The van der Waals surface area contributed by atoms with Crippen LogP contribution in [-0.2, 0) is 9.84 Å². The summed E-state index contributed by atoms with van der Waals surface area (Å²) in [6.07, 6.45) is 4.26. The van der Waals surface area contributed by atoms with E-state index in [0.29, 0.717) is 17.5 Å². The zero-order valence-electron chi connectivity index (χ0n) is 14.3. The van der Waals surface area contributed by atoms with Crippen molar-refractivity contribution in [3.05, 3.63) is 34.2 Å². The molecule has 1 aromatic heterocycles. The summed E-state index contributed by atoms with van der Waals surface area (Å²) in [6, 6.07) is 5.36. The Labute approximate surface area is 150 Å². The van der Waals surface area contributed by atoms with Crippen molar-refractivity contribution in [2.75, 3.05) is 12.3 Å². The molecule has 3 aliphatic rings. The fourth-order valence-corrected chi connectivity index (χ4v) is 6.64. The first-order valence-corrected chi connectivity index (χ1v) is 10.9. The number of sulfone groups is 1. The van der Waals surface area contributed by atoms with Crippen molar-refractivity contribution in [2.24, 2.45) is 0 Å². The molecule has 2 saturated carbocycles. The molecule has 0 radical (unpaired) electrons. The summed E-state index contributed by atoms with van der Waals surface area (Å²) in [5, 5.41) is -0.417. The molecule has 2 atom stereocenters. The predicted octanol–water partition coefficient (Wildman–Crippen LogP) is 1.46. The van der Waals surface area contributed by atoms with E-state index in [2.05, 4.69) is 4.98 Å². The number of fused-ring (bicyclic) bond motifs is 2. The van der Waals surface area contributed by atoms with Crippen LogP contribution in [0.1, 0.15) is 48.5 Å². The highest BCUT2D eigenvalue weighted by Crippen LogP contribution is 2.36. The average Bonchev–Trinajstić information content (AvgIpc) is 3.19. The quantitative estimate of drug-likeness (QED) is 0.860. The molecule has 2 aromatic rings. The van der Waals surface area contributed by atoms with Gasteiger partial charge in [0.05, 0.1) is 22.0 Å². The molecule has 2 unspecified atom stereocenters. The van der Waals surface area contributed by atoms with Gasteiger partial charge in [-0.05, 0) is 50.3 Å². The molecule has 1 aromatic carbocycles. The topological polar surface area (TPSA) is 92.2 Å². The van der Waals surface area contributed by atoms with E-state index in [-0.39, 0.29) is 36.0 Å². The number of carbonyl (C=O) groups excluding carboxylic acids is 1. The highest BCUT2D eigenvalue weighted by Gasteiger charge is 2.46. The first-order valence-electron chi connectivity index (χ1n) is 9.22. The van der Waals surface area contributed by atoms with Gasteiger partial charge in [0.25, 0.3) is 5.91 Å². The molecule has 1 aliphatic heterocycles. The van der Waals surface area contributed by atoms with Crippen LogP contribution in [0.3, 0.4) is 0 Å². The molecule has 26 heavy (non-hydrogen) atoms. The number of benzene rings is 1. The van der Waals surface area contributed by atoms with Gasteiger partial charge >= 0.3 is 5.69 Å².